The van der Waals surface area contributed by atoms with Gasteiger partial charge in [-0.1, -0.05) is 42.1 Å². The Morgan fingerprint density at radius 2 is 1.77 bits per heavy atom. The summed E-state index contributed by atoms with van der Waals surface area (Å²) >= 11 is 1.11. The van der Waals surface area contributed by atoms with E-state index >= 15 is 0 Å². The minimum absolute atomic E-state index is 0.0627. The molecule has 0 saturated heterocycles. The smallest absolute Gasteiger partial charge is 0.274 e. The summed E-state index contributed by atoms with van der Waals surface area (Å²) in [4.78, 5) is 42.6. The standard InChI is InChI=1S/C23H20N4O3S/c1-15-8-3-6-11-18(15)27-22(30)16-9-4-5-10-17(16)24-23(27)31-14-20(28)25-21(29)19-12-7-13-26(19)2/h3-13H,14H2,1-2H3,(H,25,28,29). The topological polar surface area (TPSA) is 86.0 Å². The SMILES string of the molecule is Cc1ccccc1-n1c(SCC(=O)NC(=O)c2cccn2C)nc2ccccc2c1=O. The third kappa shape index (κ3) is 4.15. The maximum atomic E-state index is 13.3. The zero-order valence-corrected chi connectivity index (χ0v) is 17.8. The van der Waals surface area contributed by atoms with Gasteiger partial charge in [0.05, 0.1) is 22.3 Å². The molecule has 0 atom stereocenters. The van der Waals surface area contributed by atoms with Crippen molar-refractivity contribution in [3.63, 3.8) is 0 Å². The number of thioether (sulfide) groups is 1. The quantitative estimate of drug-likeness (QED) is 0.387. The summed E-state index contributed by atoms with van der Waals surface area (Å²) in [5, 5.41) is 3.27. The highest BCUT2D eigenvalue weighted by atomic mass is 32.2. The van der Waals surface area contributed by atoms with Gasteiger partial charge in [-0.2, -0.15) is 0 Å². The minimum atomic E-state index is -0.471. The summed E-state index contributed by atoms with van der Waals surface area (Å²) in [6.45, 7) is 1.91. The lowest BCUT2D eigenvalue weighted by atomic mass is 10.2. The van der Waals surface area contributed by atoms with Crippen LogP contribution in [0.3, 0.4) is 0 Å². The van der Waals surface area contributed by atoms with Crippen LogP contribution in [0.25, 0.3) is 16.6 Å². The van der Waals surface area contributed by atoms with Crippen molar-refractivity contribution in [3.05, 3.63) is 88.5 Å². The molecule has 0 bridgehead atoms. The zero-order chi connectivity index (χ0) is 22.0. The summed E-state index contributed by atoms with van der Waals surface area (Å²) in [5.41, 5.74) is 2.35. The summed E-state index contributed by atoms with van der Waals surface area (Å²) in [7, 11) is 1.73. The second-order valence-electron chi connectivity index (χ2n) is 7.01. The van der Waals surface area contributed by atoms with E-state index < -0.39 is 11.8 Å². The number of carbonyl (C=O) groups is 2. The van der Waals surface area contributed by atoms with Gasteiger partial charge in [-0.05, 0) is 42.8 Å². The summed E-state index contributed by atoms with van der Waals surface area (Å²) < 4.78 is 3.16. The Hall–Kier alpha value is -3.65. The van der Waals surface area contributed by atoms with Crippen molar-refractivity contribution in [2.45, 2.75) is 12.1 Å². The molecule has 0 aliphatic carbocycles. The highest BCUT2D eigenvalue weighted by Gasteiger charge is 2.17. The van der Waals surface area contributed by atoms with Crippen LogP contribution >= 0.6 is 11.8 Å². The molecule has 4 aromatic rings. The predicted octanol–water partition coefficient (Wildman–Crippen LogP) is 3.08. The molecule has 1 N–H and O–H groups in total. The first-order valence-corrected chi connectivity index (χ1v) is 10.6. The van der Waals surface area contributed by atoms with E-state index in [1.807, 2.05) is 37.3 Å². The van der Waals surface area contributed by atoms with Crippen molar-refractivity contribution < 1.29 is 9.59 Å². The Morgan fingerprint density at radius 3 is 2.52 bits per heavy atom. The first-order chi connectivity index (χ1) is 15.0. The van der Waals surface area contributed by atoms with E-state index in [0.29, 0.717) is 27.4 Å². The molecule has 0 fully saturated rings. The highest BCUT2D eigenvalue weighted by molar-refractivity contribution is 7.99. The summed E-state index contributed by atoms with van der Waals surface area (Å²) in [5.74, 6) is -0.997. The Labute approximate surface area is 182 Å². The Kier molecular flexibility index (Phi) is 5.73. The van der Waals surface area contributed by atoms with E-state index in [1.54, 1.807) is 48.1 Å². The molecular formula is C23H20N4O3S. The average Bonchev–Trinajstić information content (AvgIpc) is 3.19. The maximum absolute atomic E-state index is 13.3. The number of imide groups is 1. The van der Waals surface area contributed by atoms with Gasteiger partial charge >= 0.3 is 0 Å². The maximum Gasteiger partial charge on any atom is 0.274 e. The molecule has 0 spiro atoms. The Balaban J connectivity index is 1.65. The molecule has 2 aromatic carbocycles. The zero-order valence-electron chi connectivity index (χ0n) is 17.0. The summed E-state index contributed by atoms with van der Waals surface area (Å²) in [6, 6.07) is 18.0. The van der Waals surface area contributed by atoms with E-state index in [-0.39, 0.29) is 11.3 Å². The lowest BCUT2D eigenvalue weighted by Crippen LogP contribution is -2.33. The lowest BCUT2D eigenvalue weighted by molar-refractivity contribution is -0.117. The second kappa shape index (κ2) is 8.61. The molecule has 0 unspecified atom stereocenters. The highest BCUT2D eigenvalue weighted by Crippen LogP contribution is 2.23. The summed E-state index contributed by atoms with van der Waals surface area (Å²) in [6.07, 6.45) is 1.73. The molecule has 0 saturated carbocycles. The van der Waals surface area contributed by atoms with Gasteiger partial charge in [0.25, 0.3) is 11.5 Å². The van der Waals surface area contributed by atoms with Crippen molar-refractivity contribution in [2.75, 3.05) is 5.75 Å². The van der Waals surface area contributed by atoms with Crippen LogP contribution in [-0.4, -0.2) is 31.7 Å². The number of nitrogens with zero attached hydrogens (tertiary/aromatic N) is 3. The first kappa shape index (κ1) is 20.6. The number of amides is 2. The number of aryl methyl sites for hydroxylation is 2. The third-order valence-electron chi connectivity index (χ3n) is 4.86. The molecule has 2 amide bonds. The molecule has 7 nitrogen and oxygen atoms in total. The van der Waals surface area contributed by atoms with Crippen LogP contribution in [0, 0.1) is 6.92 Å². The fraction of sp³-hybridized carbons (Fsp3) is 0.130. The molecule has 31 heavy (non-hydrogen) atoms. The van der Waals surface area contributed by atoms with E-state index in [9.17, 15) is 14.4 Å². The minimum Gasteiger partial charge on any atom is -0.347 e. The van der Waals surface area contributed by atoms with E-state index in [2.05, 4.69) is 10.3 Å². The molecule has 2 aromatic heterocycles. The number of fused-ring (bicyclic) bond motifs is 1. The number of rotatable bonds is 5. The largest absolute Gasteiger partial charge is 0.347 e. The van der Waals surface area contributed by atoms with E-state index in [1.165, 1.54) is 4.57 Å². The van der Waals surface area contributed by atoms with Crippen LogP contribution in [0.15, 0.2) is 76.8 Å². The number of benzene rings is 2. The van der Waals surface area contributed by atoms with E-state index in [4.69, 9.17) is 0 Å². The van der Waals surface area contributed by atoms with Crippen LogP contribution < -0.4 is 10.9 Å². The van der Waals surface area contributed by atoms with Crippen LogP contribution in [0.2, 0.25) is 0 Å². The van der Waals surface area contributed by atoms with Gasteiger partial charge in [0.2, 0.25) is 5.91 Å². The van der Waals surface area contributed by atoms with Gasteiger partial charge in [-0.25, -0.2) is 4.98 Å². The van der Waals surface area contributed by atoms with Crippen molar-refractivity contribution in [2.24, 2.45) is 7.05 Å². The lowest BCUT2D eigenvalue weighted by Gasteiger charge is -2.15. The number of carbonyl (C=O) groups excluding carboxylic acids is 2. The van der Waals surface area contributed by atoms with Gasteiger partial charge in [0, 0.05) is 13.2 Å². The normalized spacial score (nSPS) is 10.9. The molecule has 0 radical (unpaired) electrons. The number of aromatic nitrogens is 3. The Bertz CT molecular complexity index is 1360. The second-order valence-corrected chi connectivity index (χ2v) is 7.95. The van der Waals surface area contributed by atoms with Gasteiger partial charge in [-0.15, -0.1) is 0 Å². The van der Waals surface area contributed by atoms with Crippen LogP contribution in [0.1, 0.15) is 16.1 Å². The van der Waals surface area contributed by atoms with Crippen LogP contribution in [0.4, 0.5) is 0 Å². The number of para-hydroxylation sites is 2. The van der Waals surface area contributed by atoms with Crippen molar-refractivity contribution in [3.8, 4) is 5.69 Å². The Morgan fingerprint density at radius 1 is 1.03 bits per heavy atom. The first-order valence-electron chi connectivity index (χ1n) is 9.62. The molecule has 0 aliphatic rings. The predicted molar refractivity (Wildman–Crippen MR) is 121 cm³/mol. The molecule has 2 heterocycles. The van der Waals surface area contributed by atoms with E-state index in [0.717, 1.165) is 17.3 Å². The number of nitrogens with one attached hydrogen (secondary N) is 1. The fourth-order valence-corrected chi connectivity index (χ4v) is 4.10. The average molecular weight is 433 g/mol. The molecule has 4 rings (SSSR count). The van der Waals surface area contributed by atoms with Crippen molar-refractivity contribution in [1.82, 2.24) is 19.4 Å². The van der Waals surface area contributed by atoms with Gasteiger partial charge in [0.1, 0.15) is 5.69 Å². The monoisotopic (exact) mass is 432 g/mol. The van der Waals surface area contributed by atoms with Gasteiger partial charge < -0.3 is 4.57 Å². The third-order valence-corrected chi connectivity index (χ3v) is 5.80. The molecule has 156 valence electrons. The van der Waals surface area contributed by atoms with Gasteiger partial charge in [-0.3, -0.25) is 24.3 Å². The molecule has 8 heteroatoms. The molecule has 0 aliphatic heterocycles. The van der Waals surface area contributed by atoms with Crippen LogP contribution in [-0.2, 0) is 11.8 Å². The van der Waals surface area contributed by atoms with Crippen LogP contribution in [0.5, 0.6) is 0 Å². The fourth-order valence-electron chi connectivity index (χ4n) is 3.29. The van der Waals surface area contributed by atoms with Gasteiger partial charge in [0.15, 0.2) is 5.16 Å². The number of hydrogen-bond acceptors (Lipinski definition) is 5. The number of hydrogen-bond donors (Lipinski definition) is 1. The molecular weight excluding hydrogens is 412 g/mol. The van der Waals surface area contributed by atoms with Crippen molar-refractivity contribution >= 4 is 34.5 Å². The van der Waals surface area contributed by atoms with Crippen molar-refractivity contribution in [1.29, 1.82) is 0 Å².